The van der Waals surface area contributed by atoms with Crippen LogP contribution in [0.1, 0.15) is 19.0 Å². The summed E-state index contributed by atoms with van der Waals surface area (Å²) >= 11 is 0. The standard InChI is InChI=1S/C22H30F2N4O3Si/c1-22(29-2)12-28-21(31-13-22)17(18(26-28)19(23)24)16-11-15-7-6-8-25-20(15)27(16)14-30-9-10-32(3,4)5/h6-8,11,19H,9-10,12-14H2,1-5H3/t22-/m0/s1. The summed E-state index contributed by atoms with van der Waals surface area (Å²) in [5.41, 5.74) is 0.568. The molecule has 174 valence electrons. The van der Waals surface area contributed by atoms with Gasteiger partial charge in [0.25, 0.3) is 6.43 Å². The Morgan fingerprint density at radius 2 is 2.09 bits per heavy atom. The number of rotatable bonds is 8. The van der Waals surface area contributed by atoms with Gasteiger partial charge in [-0.05, 0) is 31.2 Å². The van der Waals surface area contributed by atoms with Gasteiger partial charge in [-0.15, -0.1) is 0 Å². The molecule has 0 aliphatic carbocycles. The minimum atomic E-state index is -2.76. The maximum atomic E-state index is 14.1. The molecule has 0 bridgehead atoms. The maximum Gasteiger partial charge on any atom is 0.282 e. The molecule has 7 nitrogen and oxygen atoms in total. The highest BCUT2D eigenvalue weighted by molar-refractivity contribution is 6.76. The van der Waals surface area contributed by atoms with E-state index in [9.17, 15) is 8.78 Å². The van der Waals surface area contributed by atoms with Crippen molar-refractivity contribution in [3.05, 3.63) is 30.1 Å². The van der Waals surface area contributed by atoms with Crippen LogP contribution < -0.4 is 4.74 Å². The van der Waals surface area contributed by atoms with Crippen molar-refractivity contribution in [3.63, 3.8) is 0 Å². The van der Waals surface area contributed by atoms with Crippen molar-refractivity contribution < 1.29 is 23.0 Å². The Bertz CT molecular complexity index is 1110. The van der Waals surface area contributed by atoms with Crippen LogP contribution in [0.2, 0.25) is 25.7 Å². The van der Waals surface area contributed by atoms with Crippen molar-refractivity contribution in [2.24, 2.45) is 0 Å². The summed E-state index contributed by atoms with van der Waals surface area (Å²) in [5, 5.41) is 5.04. The average Bonchev–Trinajstić information content (AvgIpc) is 3.28. The number of halogens is 2. The average molecular weight is 465 g/mol. The van der Waals surface area contributed by atoms with Crippen LogP contribution in [-0.2, 0) is 22.7 Å². The first kappa shape index (κ1) is 22.9. The molecule has 1 aliphatic rings. The number of alkyl halides is 2. The molecule has 32 heavy (non-hydrogen) atoms. The van der Waals surface area contributed by atoms with Gasteiger partial charge >= 0.3 is 0 Å². The quantitative estimate of drug-likeness (QED) is 0.349. The molecule has 0 saturated heterocycles. The first-order valence-corrected chi connectivity index (χ1v) is 14.4. The Morgan fingerprint density at radius 3 is 2.78 bits per heavy atom. The molecule has 3 aromatic rings. The van der Waals surface area contributed by atoms with E-state index in [2.05, 4.69) is 29.7 Å². The molecular weight excluding hydrogens is 434 g/mol. The second-order valence-electron chi connectivity index (χ2n) is 9.69. The number of aromatic nitrogens is 4. The van der Waals surface area contributed by atoms with Crippen LogP contribution in [0, 0.1) is 0 Å². The smallest absolute Gasteiger partial charge is 0.282 e. The molecule has 0 spiro atoms. The van der Waals surface area contributed by atoms with Gasteiger partial charge in [-0.3, -0.25) is 0 Å². The molecule has 0 fully saturated rings. The van der Waals surface area contributed by atoms with E-state index in [1.54, 1.807) is 13.3 Å². The number of fused-ring (bicyclic) bond motifs is 2. The van der Waals surface area contributed by atoms with E-state index >= 15 is 0 Å². The second-order valence-corrected chi connectivity index (χ2v) is 15.3. The van der Waals surface area contributed by atoms with Crippen LogP contribution in [0.3, 0.4) is 0 Å². The number of hydrogen-bond donors (Lipinski definition) is 0. The molecule has 0 aromatic carbocycles. The van der Waals surface area contributed by atoms with Crippen LogP contribution in [-0.4, -0.2) is 53.3 Å². The lowest BCUT2D eigenvalue weighted by Crippen LogP contribution is -2.43. The summed E-state index contributed by atoms with van der Waals surface area (Å²) in [4.78, 5) is 4.48. The Balaban J connectivity index is 1.78. The van der Waals surface area contributed by atoms with E-state index < -0.39 is 20.1 Å². The molecule has 0 saturated carbocycles. The molecule has 4 rings (SSSR count). The van der Waals surface area contributed by atoms with E-state index in [0.29, 0.717) is 30.4 Å². The fourth-order valence-electron chi connectivity index (χ4n) is 3.78. The summed E-state index contributed by atoms with van der Waals surface area (Å²) in [5.74, 6) is 0.320. The highest BCUT2D eigenvalue weighted by Crippen LogP contribution is 2.42. The van der Waals surface area contributed by atoms with Gasteiger partial charge in [0.1, 0.15) is 30.3 Å². The van der Waals surface area contributed by atoms with Gasteiger partial charge < -0.3 is 18.8 Å². The Kier molecular flexibility index (Phi) is 6.12. The topological polar surface area (TPSA) is 63.3 Å². The van der Waals surface area contributed by atoms with E-state index in [0.717, 1.165) is 11.4 Å². The molecule has 0 amide bonds. The van der Waals surface area contributed by atoms with Gasteiger partial charge in [0.15, 0.2) is 0 Å². The van der Waals surface area contributed by atoms with Crippen molar-refractivity contribution >= 4 is 19.1 Å². The number of nitrogens with zero attached hydrogens (tertiary/aromatic N) is 4. The van der Waals surface area contributed by atoms with Crippen LogP contribution >= 0.6 is 0 Å². The van der Waals surface area contributed by atoms with E-state index in [1.807, 2.05) is 29.7 Å². The lowest BCUT2D eigenvalue weighted by molar-refractivity contribution is -0.0644. The fraction of sp³-hybridized carbons (Fsp3) is 0.545. The zero-order valence-electron chi connectivity index (χ0n) is 19.2. The Labute approximate surface area is 187 Å². The van der Waals surface area contributed by atoms with Gasteiger partial charge in [0.05, 0.1) is 17.8 Å². The van der Waals surface area contributed by atoms with Crippen LogP contribution in [0.5, 0.6) is 5.88 Å². The Morgan fingerprint density at radius 1 is 1.31 bits per heavy atom. The minimum Gasteiger partial charge on any atom is -0.474 e. The number of ether oxygens (including phenoxy) is 3. The van der Waals surface area contributed by atoms with Crippen LogP contribution in [0.4, 0.5) is 8.78 Å². The van der Waals surface area contributed by atoms with Crippen molar-refractivity contribution in [2.75, 3.05) is 20.3 Å². The lowest BCUT2D eigenvalue weighted by Gasteiger charge is -2.32. The van der Waals surface area contributed by atoms with Crippen molar-refractivity contribution in [2.45, 2.75) is 57.9 Å². The summed E-state index contributed by atoms with van der Waals surface area (Å²) in [7, 11) is 0.323. The third-order valence-electron chi connectivity index (χ3n) is 5.76. The van der Waals surface area contributed by atoms with E-state index in [1.165, 1.54) is 4.68 Å². The first-order valence-electron chi connectivity index (χ1n) is 10.7. The number of methoxy groups -OCH3 is 1. The molecule has 0 radical (unpaired) electrons. The second kappa shape index (κ2) is 8.57. The van der Waals surface area contributed by atoms with E-state index in [-0.39, 0.29) is 24.6 Å². The van der Waals surface area contributed by atoms with Gasteiger partial charge in [-0.2, -0.15) is 5.10 Å². The largest absolute Gasteiger partial charge is 0.474 e. The van der Waals surface area contributed by atoms with Gasteiger partial charge in [0, 0.05) is 33.4 Å². The van der Waals surface area contributed by atoms with Crippen LogP contribution in [0.25, 0.3) is 22.3 Å². The number of hydrogen-bond acceptors (Lipinski definition) is 5. The molecule has 10 heteroatoms. The highest BCUT2D eigenvalue weighted by Gasteiger charge is 2.37. The SMILES string of the molecule is CO[C@]1(C)COc2c(-c3cc4cccnc4n3COCC[Si](C)(C)C)c(C(F)F)nn2C1. The molecule has 0 unspecified atom stereocenters. The van der Waals surface area contributed by atoms with Gasteiger partial charge in [-0.25, -0.2) is 18.4 Å². The summed E-state index contributed by atoms with van der Waals surface area (Å²) in [6.07, 6.45) is -1.07. The summed E-state index contributed by atoms with van der Waals surface area (Å²) < 4.78 is 48.9. The maximum absolute atomic E-state index is 14.1. The minimum absolute atomic E-state index is 0.212. The fourth-order valence-corrected chi connectivity index (χ4v) is 4.53. The monoisotopic (exact) mass is 464 g/mol. The lowest BCUT2D eigenvalue weighted by atomic mass is 10.1. The van der Waals surface area contributed by atoms with Gasteiger partial charge in [-0.1, -0.05) is 19.6 Å². The molecular formula is C22H30F2N4O3Si. The zero-order chi connectivity index (χ0) is 23.1. The van der Waals surface area contributed by atoms with Gasteiger partial charge in [0.2, 0.25) is 5.88 Å². The zero-order valence-corrected chi connectivity index (χ0v) is 20.2. The van der Waals surface area contributed by atoms with E-state index in [4.69, 9.17) is 14.2 Å². The highest BCUT2D eigenvalue weighted by atomic mass is 28.3. The van der Waals surface area contributed by atoms with Crippen molar-refractivity contribution in [1.29, 1.82) is 0 Å². The normalized spacial score (nSPS) is 18.9. The Hall–Kier alpha value is -2.30. The first-order chi connectivity index (χ1) is 15.1. The molecule has 3 aromatic heterocycles. The summed E-state index contributed by atoms with van der Waals surface area (Å²) in [6.45, 7) is 10.1. The third kappa shape index (κ3) is 4.44. The predicted octanol–water partition coefficient (Wildman–Crippen LogP) is 4.95. The predicted molar refractivity (Wildman–Crippen MR) is 121 cm³/mol. The molecule has 1 atom stereocenters. The van der Waals surface area contributed by atoms with Crippen molar-refractivity contribution in [1.82, 2.24) is 19.3 Å². The molecule has 1 aliphatic heterocycles. The van der Waals surface area contributed by atoms with Crippen LogP contribution in [0.15, 0.2) is 24.4 Å². The molecule has 0 N–H and O–H groups in total. The number of pyridine rings is 1. The summed E-state index contributed by atoms with van der Waals surface area (Å²) in [6, 6.07) is 6.59. The van der Waals surface area contributed by atoms with Crippen molar-refractivity contribution in [3.8, 4) is 17.1 Å². The third-order valence-corrected chi connectivity index (χ3v) is 7.46. The molecule has 4 heterocycles.